The molecule has 0 bridgehead atoms. The van der Waals surface area contributed by atoms with E-state index in [0.29, 0.717) is 6.67 Å². The average Bonchev–Trinajstić information content (AvgIpc) is 2.17. The lowest BCUT2D eigenvalue weighted by Crippen LogP contribution is -2.53. The largest absolute Gasteiger partial charge is 0.394 e. The Morgan fingerprint density at radius 2 is 1.81 bits per heavy atom. The van der Waals surface area contributed by atoms with E-state index in [1.54, 1.807) is 0 Å². The van der Waals surface area contributed by atoms with Gasteiger partial charge in [0.1, 0.15) is 0 Å². The van der Waals surface area contributed by atoms with Crippen LogP contribution >= 0.6 is 0 Å². The van der Waals surface area contributed by atoms with Crippen molar-refractivity contribution in [1.29, 1.82) is 5.26 Å². The minimum Gasteiger partial charge on any atom is -0.279 e. The third-order valence-corrected chi connectivity index (χ3v) is 2.43. The maximum atomic E-state index is 12.6. The molecule has 1 unspecified atom stereocenters. The van der Waals surface area contributed by atoms with Crippen LogP contribution in [-0.2, 0) is 0 Å². The molecule has 16 heavy (non-hydrogen) atoms. The van der Waals surface area contributed by atoms with Crippen LogP contribution in [0.2, 0.25) is 0 Å². The first-order chi connectivity index (χ1) is 7.47. The molecule has 1 fully saturated rings. The van der Waals surface area contributed by atoms with Crippen LogP contribution in [0.4, 0.5) is 13.2 Å². The molecule has 0 aromatic rings. The molecule has 0 aromatic carbocycles. The van der Waals surface area contributed by atoms with E-state index in [4.69, 9.17) is 11.7 Å². The SMILES string of the molecule is C#CCN1CC(C(F)(F)F)CN(CC#N)C1. The van der Waals surface area contributed by atoms with E-state index in [9.17, 15) is 13.2 Å². The molecule has 6 heteroatoms. The summed E-state index contributed by atoms with van der Waals surface area (Å²) in [6.45, 7) is 0.278. The van der Waals surface area contributed by atoms with Crippen LogP contribution in [0.25, 0.3) is 0 Å². The van der Waals surface area contributed by atoms with Crippen LogP contribution in [0.5, 0.6) is 0 Å². The van der Waals surface area contributed by atoms with Gasteiger partial charge in [-0.2, -0.15) is 18.4 Å². The number of nitriles is 1. The number of hydrogen-bond acceptors (Lipinski definition) is 3. The lowest BCUT2D eigenvalue weighted by atomic mass is 10.1. The minimum atomic E-state index is -4.24. The fourth-order valence-corrected chi connectivity index (χ4v) is 1.74. The number of terminal acetylenes is 1. The third kappa shape index (κ3) is 3.41. The Labute approximate surface area is 92.4 Å². The average molecular weight is 231 g/mol. The zero-order chi connectivity index (χ0) is 12.2. The zero-order valence-electron chi connectivity index (χ0n) is 8.67. The van der Waals surface area contributed by atoms with E-state index in [0.717, 1.165) is 0 Å². The van der Waals surface area contributed by atoms with E-state index < -0.39 is 12.1 Å². The lowest BCUT2D eigenvalue weighted by molar-refractivity contribution is -0.194. The fraction of sp³-hybridized carbons (Fsp3) is 0.700. The number of rotatable bonds is 2. The summed E-state index contributed by atoms with van der Waals surface area (Å²) in [4.78, 5) is 2.98. The van der Waals surface area contributed by atoms with Gasteiger partial charge in [0.2, 0.25) is 0 Å². The van der Waals surface area contributed by atoms with Crippen molar-refractivity contribution in [3.05, 3.63) is 0 Å². The van der Waals surface area contributed by atoms with Crippen molar-refractivity contribution < 1.29 is 13.2 Å². The Morgan fingerprint density at radius 3 is 2.25 bits per heavy atom. The highest BCUT2D eigenvalue weighted by molar-refractivity contribution is 4.92. The quantitative estimate of drug-likeness (QED) is 0.522. The van der Waals surface area contributed by atoms with E-state index in [1.165, 1.54) is 9.80 Å². The fourth-order valence-electron chi connectivity index (χ4n) is 1.74. The van der Waals surface area contributed by atoms with Crippen LogP contribution in [0.15, 0.2) is 0 Å². The molecule has 0 spiro atoms. The summed E-state index contributed by atoms with van der Waals surface area (Å²) in [6, 6.07) is 1.85. The molecular formula is C10H12F3N3. The summed E-state index contributed by atoms with van der Waals surface area (Å²) in [7, 11) is 0. The zero-order valence-corrected chi connectivity index (χ0v) is 8.67. The maximum Gasteiger partial charge on any atom is 0.394 e. The smallest absolute Gasteiger partial charge is 0.279 e. The van der Waals surface area contributed by atoms with Gasteiger partial charge in [-0.3, -0.25) is 9.80 Å². The Balaban J connectivity index is 2.68. The molecule has 1 aliphatic rings. The van der Waals surface area contributed by atoms with Crippen LogP contribution < -0.4 is 0 Å². The number of hydrogen-bond donors (Lipinski definition) is 0. The van der Waals surface area contributed by atoms with Crippen molar-refractivity contribution in [2.75, 3.05) is 32.8 Å². The highest BCUT2D eigenvalue weighted by atomic mass is 19.4. The van der Waals surface area contributed by atoms with Gasteiger partial charge in [0.05, 0.1) is 31.7 Å². The summed E-state index contributed by atoms with van der Waals surface area (Å²) < 4.78 is 37.7. The van der Waals surface area contributed by atoms with Gasteiger partial charge in [0, 0.05) is 13.1 Å². The van der Waals surface area contributed by atoms with E-state index in [2.05, 4.69) is 5.92 Å². The van der Waals surface area contributed by atoms with Crippen LogP contribution in [0, 0.1) is 29.6 Å². The van der Waals surface area contributed by atoms with Gasteiger partial charge in [-0.25, -0.2) is 0 Å². The first-order valence-corrected chi connectivity index (χ1v) is 4.79. The van der Waals surface area contributed by atoms with Gasteiger partial charge in [-0.05, 0) is 0 Å². The van der Waals surface area contributed by atoms with E-state index >= 15 is 0 Å². The predicted octanol–water partition coefficient (Wildman–Crippen LogP) is 0.897. The molecule has 1 aliphatic heterocycles. The Morgan fingerprint density at radius 1 is 1.25 bits per heavy atom. The lowest BCUT2D eigenvalue weighted by Gasteiger charge is -2.38. The van der Waals surface area contributed by atoms with Crippen molar-refractivity contribution in [2.45, 2.75) is 6.18 Å². The molecule has 1 heterocycles. The molecule has 0 aliphatic carbocycles. The Hall–Kier alpha value is -1.24. The molecule has 0 N–H and O–H groups in total. The van der Waals surface area contributed by atoms with Gasteiger partial charge in [-0.1, -0.05) is 5.92 Å². The molecular weight excluding hydrogens is 219 g/mol. The molecule has 1 atom stereocenters. The van der Waals surface area contributed by atoms with Crippen molar-refractivity contribution in [3.63, 3.8) is 0 Å². The van der Waals surface area contributed by atoms with Crippen LogP contribution in [0.3, 0.4) is 0 Å². The highest BCUT2D eigenvalue weighted by Crippen LogP contribution is 2.29. The molecule has 1 saturated heterocycles. The standard InChI is InChI=1S/C10H12F3N3/c1-2-4-15-6-9(10(11,12)13)7-16(8-15)5-3-14/h1,9H,4-8H2. The molecule has 0 amide bonds. The molecule has 0 radical (unpaired) electrons. The van der Waals surface area contributed by atoms with Gasteiger partial charge in [0.15, 0.2) is 0 Å². The first-order valence-electron chi connectivity index (χ1n) is 4.79. The van der Waals surface area contributed by atoms with E-state index in [-0.39, 0.29) is 26.2 Å². The summed E-state index contributed by atoms with van der Waals surface area (Å²) in [5.41, 5.74) is 0. The molecule has 0 saturated carbocycles. The second-order valence-electron chi connectivity index (χ2n) is 3.77. The van der Waals surface area contributed by atoms with Crippen LogP contribution in [-0.4, -0.2) is 48.8 Å². The summed E-state index contributed by atoms with van der Waals surface area (Å²) >= 11 is 0. The Bertz CT molecular complexity index is 289. The summed E-state index contributed by atoms with van der Waals surface area (Å²) in [5.74, 6) is 0.893. The van der Waals surface area contributed by atoms with Crippen molar-refractivity contribution >= 4 is 0 Å². The third-order valence-electron chi connectivity index (χ3n) is 2.43. The second kappa shape index (κ2) is 5.20. The maximum absolute atomic E-state index is 12.6. The monoisotopic (exact) mass is 231 g/mol. The van der Waals surface area contributed by atoms with Crippen LogP contribution in [0.1, 0.15) is 0 Å². The topological polar surface area (TPSA) is 30.3 Å². The van der Waals surface area contributed by atoms with E-state index in [1.807, 2.05) is 6.07 Å². The molecule has 0 aromatic heterocycles. The summed E-state index contributed by atoms with van der Waals surface area (Å²) in [5, 5.41) is 8.49. The molecule has 1 rings (SSSR count). The minimum absolute atomic E-state index is 0.00630. The number of alkyl halides is 3. The van der Waals surface area contributed by atoms with Gasteiger partial charge in [-0.15, -0.1) is 6.42 Å². The Kier molecular flexibility index (Phi) is 4.17. The molecule has 3 nitrogen and oxygen atoms in total. The predicted molar refractivity (Wildman–Crippen MR) is 52.0 cm³/mol. The van der Waals surface area contributed by atoms with Gasteiger partial charge in [0.25, 0.3) is 0 Å². The summed E-state index contributed by atoms with van der Waals surface area (Å²) in [6.07, 6.45) is 0.842. The van der Waals surface area contributed by atoms with Crippen molar-refractivity contribution in [1.82, 2.24) is 9.80 Å². The number of nitrogens with zero attached hydrogens (tertiary/aromatic N) is 3. The second-order valence-corrected chi connectivity index (χ2v) is 3.77. The molecule has 88 valence electrons. The normalized spacial score (nSPS) is 23.7. The van der Waals surface area contributed by atoms with Crippen molar-refractivity contribution in [2.24, 2.45) is 5.92 Å². The highest BCUT2D eigenvalue weighted by Gasteiger charge is 2.43. The van der Waals surface area contributed by atoms with Crippen molar-refractivity contribution in [3.8, 4) is 18.4 Å². The van der Waals surface area contributed by atoms with Gasteiger partial charge < -0.3 is 0 Å². The first kappa shape index (κ1) is 12.8. The number of halogens is 3. The van der Waals surface area contributed by atoms with Gasteiger partial charge >= 0.3 is 6.18 Å².